The number of hydrogen-bond donors (Lipinski definition) is 0. The standard InChI is InChI=1S/C16H23N3O2S/c1-11-12(2)22-16(17-11)13-5-3-7-18(9-13)15(21)10-19-8-4-6-14(19)20/h13H,3-10H2,1-2H3/t13-/m1/s1. The lowest BCUT2D eigenvalue weighted by atomic mass is 9.98. The summed E-state index contributed by atoms with van der Waals surface area (Å²) in [5, 5.41) is 1.16. The molecule has 5 nitrogen and oxygen atoms in total. The van der Waals surface area contributed by atoms with Crippen molar-refractivity contribution in [3.8, 4) is 0 Å². The van der Waals surface area contributed by atoms with Crippen LogP contribution in [-0.2, 0) is 9.59 Å². The van der Waals surface area contributed by atoms with Gasteiger partial charge >= 0.3 is 0 Å². The SMILES string of the molecule is Cc1nc([C@@H]2CCCN(C(=O)CN3CCCC3=O)C2)sc1C. The number of carbonyl (C=O) groups is 2. The number of hydrogen-bond acceptors (Lipinski definition) is 4. The molecule has 0 saturated carbocycles. The van der Waals surface area contributed by atoms with Crippen molar-refractivity contribution in [3.05, 3.63) is 15.6 Å². The molecular weight excluding hydrogens is 298 g/mol. The molecule has 0 aromatic carbocycles. The predicted molar refractivity (Wildman–Crippen MR) is 86.0 cm³/mol. The molecule has 0 unspecified atom stereocenters. The number of aromatic nitrogens is 1. The lowest BCUT2D eigenvalue weighted by Gasteiger charge is -2.33. The van der Waals surface area contributed by atoms with Crippen molar-refractivity contribution in [1.29, 1.82) is 0 Å². The number of thiazole rings is 1. The third-order valence-electron chi connectivity index (χ3n) is 4.67. The van der Waals surface area contributed by atoms with Crippen LogP contribution in [0.5, 0.6) is 0 Å². The molecule has 2 aliphatic heterocycles. The number of aryl methyl sites for hydroxylation is 2. The first-order valence-corrected chi connectivity index (χ1v) is 8.85. The van der Waals surface area contributed by atoms with Crippen LogP contribution in [0.4, 0.5) is 0 Å². The smallest absolute Gasteiger partial charge is 0.242 e. The maximum Gasteiger partial charge on any atom is 0.242 e. The summed E-state index contributed by atoms with van der Waals surface area (Å²) in [6, 6.07) is 0. The van der Waals surface area contributed by atoms with Gasteiger partial charge in [-0.05, 0) is 33.1 Å². The van der Waals surface area contributed by atoms with Crippen LogP contribution in [0.25, 0.3) is 0 Å². The Hall–Kier alpha value is -1.43. The first kappa shape index (κ1) is 15.5. The van der Waals surface area contributed by atoms with Crippen molar-refractivity contribution in [2.75, 3.05) is 26.2 Å². The summed E-state index contributed by atoms with van der Waals surface area (Å²) in [6.45, 7) is 6.67. The van der Waals surface area contributed by atoms with E-state index in [0.717, 1.165) is 49.6 Å². The van der Waals surface area contributed by atoms with Gasteiger partial charge in [0.25, 0.3) is 0 Å². The number of carbonyl (C=O) groups excluding carboxylic acids is 2. The van der Waals surface area contributed by atoms with Gasteiger partial charge in [0.15, 0.2) is 0 Å². The van der Waals surface area contributed by atoms with Gasteiger partial charge in [-0.25, -0.2) is 4.98 Å². The van der Waals surface area contributed by atoms with Gasteiger partial charge in [-0.15, -0.1) is 11.3 Å². The molecule has 1 aromatic heterocycles. The van der Waals surface area contributed by atoms with Crippen LogP contribution in [0, 0.1) is 13.8 Å². The van der Waals surface area contributed by atoms with E-state index in [4.69, 9.17) is 0 Å². The van der Waals surface area contributed by atoms with Gasteiger partial charge in [0, 0.05) is 36.9 Å². The van der Waals surface area contributed by atoms with Crippen molar-refractivity contribution in [2.24, 2.45) is 0 Å². The summed E-state index contributed by atoms with van der Waals surface area (Å²) in [7, 11) is 0. The monoisotopic (exact) mass is 321 g/mol. The van der Waals surface area contributed by atoms with Gasteiger partial charge in [-0.2, -0.15) is 0 Å². The first-order valence-electron chi connectivity index (χ1n) is 8.04. The second-order valence-corrected chi connectivity index (χ2v) is 7.53. The largest absolute Gasteiger partial charge is 0.340 e. The highest BCUT2D eigenvalue weighted by Crippen LogP contribution is 2.31. The lowest BCUT2D eigenvalue weighted by Crippen LogP contribution is -2.44. The third kappa shape index (κ3) is 3.16. The Morgan fingerprint density at radius 1 is 1.32 bits per heavy atom. The van der Waals surface area contributed by atoms with Crippen LogP contribution in [0.2, 0.25) is 0 Å². The van der Waals surface area contributed by atoms with Gasteiger partial charge in [-0.1, -0.05) is 0 Å². The van der Waals surface area contributed by atoms with Crippen LogP contribution >= 0.6 is 11.3 Å². The molecule has 2 aliphatic rings. The van der Waals surface area contributed by atoms with E-state index in [9.17, 15) is 9.59 Å². The Bertz CT molecular complexity index is 564. The Labute approximate surface area is 135 Å². The maximum absolute atomic E-state index is 12.5. The lowest BCUT2D eigenvalue weighted by molar-refractivity contribution is -0.139. The van der Waals surface area contributed by atoms with E-state index in [1.807, 2.05) is 11.8 Å². The van der Waals surface area contributed by atoms with Gasteiger partial charge in [0.1, 0.15) is 0 Å². The molecule has 3 heterocycles. The molecule has 0 aliphatic carbocycles. The van der Waals surface area contributed by atoms with Gasteiger partial charge in [-0.3, -0.25) is 9.59 Å². The van der Waals surface area contributed by atoms with E-state index >= 15 is 0 Å². The minimum atomic E-state index is 0.0879. The van der Waals surface area contributed by atoms with Crippen LogP contribution in [-0.4, -0.2) is 52.8 Å². The maximum atomic E-state index is 12.5. The number of rotatable bonds is 3. The molecule has 2 amide bonds. The minimum Gasteiger partial charge on any atom is -0.340 e. The summed E-state index contributed by atoms with van der Waals surface area (Å²) >= 11 is 1.75. The normalized spacial score (nSPS) is 22.5. The van der Waals surface area contributed by atoms with Gasteiger partial charge in [0.2, 0.25) is 11.8 Å². The average molecular weight is 321 g/mol. The third-order valence-corrected chi connectivity index (χ3v) is 5.90. The summed E-state index contributed by atoms with van der Waals surface area (Å²) in [6.07, 6.45) is 3.58. The summed E-state index contributed by atoms with van der Waals surface area (Å²) in [5.41, 5.74) is 1.10. The van der Waals surface area contributed by atoms with Crippen LogP contribution in [0.3, 0.4) is 0 Å². The zero-order valence-electron chi connectivity index (χ0n) is 13.3. The van der Waals surface area contributed by atoms with E-state index in [0.29, 0.717) is 12.3 Å². The minimum absolute atomic E-state index is 0.0879. The molecule has 1 aromatic rings. The van der Waals surface area contributed by atoms with Crippen molar-refractivity contribution in [3.63, 3.8) is 0 Å². The fourth-order valence-electron chi connectivity index (χ4n) is 3.21. The number of nitrogens with zero attached hydrogens (tertiary/aromatic N) is 3. The second kappa shape index (κ2) is 6.36. The molecule has 3 rings (SSSR count). The average Bonchev–Trinajstić information content (AvgIpc) is 3.06. The molecule has 2 fully saturated rings. The first-order chi connectivity index (χ1) is 10.5. The zero-order chi connectivity index (χ0) is 15.7. The molecule has 120 valence electrons. The summed E-state index contributed by atoms with van der Waals surface area (Å²) in [5.74, 6) is 0.558. The van der Waals surface area contributed by atoms with E-state index in [-0.39, 0.29) is 18.4 Å². The van der Waals surface area contributed by atoms with Gasteiger partial charge in [0.05, 0.1) is 17.2 Å². The topological polar surface area (TPSA) is 53.5 Å². The molecule has 1 atom stereocenters. The molecule has 22 heavy (non-hydrogen) atoms. The van der Waals surface area contributed by atoms with E-state index in [1.165, 1.54) is 4.88 Å². The van der Waals surface area contributed by atoms with Crippen molar-refractivity contribution in [1.82, 2.24) is 14.8 Å². The van der Waals surface area contributed by atoms with Crippen LogP contribution < -0.4 is 0 Å². The molecule has 0 bridgehead atoms. The second-order valence-electron chi connectivity index (χ2n) is 6.29. The Kier molecular flexibility index (Phi) is 4.47. The Morgan fingerprint density at radius 2 is 2.14 bits per heavy atom. The van der Waals surface area contributed by atoms with E-state index in [2.05, 4.69) is 11.9 Å². The van der Waals surface area contributed by atoms with Crippen molar-refractivity contribution in [2.45, 2.75) is 45.4 Å². The van der Waals surface area contributed by atoms with Crippen LogP contribution in [0.15, 0.2) is 0 Å². The number of amides is 2. The molecule has 0 spiro atoms. The summed E-state index contributed by atoms with van der Waals surface area (Å²) < 4.78 is 0. The fraction of sp³-hybridized carbons (Fsp3) is 0.688. The van der Waals surface area contributed by atoms with Gasteiger partial charge < -0.3 is 9.80 Å². The predicted octanol–water partition coefficient (Wildman–Crippen LogP) is 2.09. The summed E-state index contributed by atoms with van der Waals surface area (Å²) in [4.78, 5) is 33.7. The van der Waals surface area contributed by atoms with Crippen LogP contribution in [0.1, 0.15) is 47.2 Å². The molecule has 6 heteroatoms. The van der Waals surface area contributed by atoms with E-state index in [1.54, 1.807) is 16.2 Å². The fourth-order valence-corrected chi connectivity index (χ4v) is 4.26. The van der Waals surface area contributed by atoms with Crippen molar-refractivity contribution < 1.29 is 9.59 Å². The Balaban J connectivity index is 1.62. The highest BCUT2D eigenvalue weighted by molar-refractivity contribution is 7.11. The molecule has 0 radical (unpaired) electrons. The molecular formula is C16H23N3O2S. The van der Waals surface area contributed by atoms with Crippen molar-refractivity contribution >= 4 is 23.2 Å². The zero-order valence-corrected chi connectivity index (χ0v) is 14.1. The molecule has 0 N–H and O–H groups in total. The molecule has 2 saturated heterocycles. The van der Waals surface area contributed by atoms with E-state index < -0.39 is 0 Å². The number of likely N-dealkylation sites (tertiary alicyclic amines) is 2. The quantitative estimate of drug-likeness (QED) is 0.856. The number of piperidine rings is 1. The Morgan fingerprint density at radius 3 is 2.77 bits per heavy atom. The highest BCUT2D eigenvalue weighted by atomic mass is 32.1. The highest BCUT2D eigenvalue weighted by Gasteiger charge is 2.29.